The fourth-order valence-corrected chi connectivity index (χ4v) is 0.759. The molecule has 0 aliphatic carbocycles. The number of carbonyl (C=O) groups excluding carboxylic acids is 3. The summed E-state index contributed by atoms with van der Waals surface area (Å²) < 4.78 is 0. The quantitative estimate of drug-likeness (QED) is 0.701. The molecule has 0 radical (unpaired) electrons. The number of rotatable bonds is 5. The van der Waals surface area contributed by atoms with E-state index in [1.54, 1.807) is 12.2 Å². The Bertz CT molecular complexity index is 248. The highest BCUT2D eigenvalue weighted by molar-refractivity contribution is 5.89. The molecule has 0 aliphatic heterocycles. The minimum absolute atomic E-state index is 0.167. The molecular formula is C15H28O3. The fraction of sp³-hybridized carbons (Fsp3) is 0.667. The molecule has 0 atom stereocenters. The predicted molar refractivity (Wildman–Crippen MR) is 76.7 cm³/mol. The van der Waals surface area contributed by atoms with Crippen LogP contribution in [-0.2, 0) is 14.4 Å². The Hall–Kier alpha value is -1.25. The molecule has 0 aromatic heterocycles. The third-order valence-electron chi connectivity index (χ3n) is 1.62. The number of hydrogen-bond donors (Lipinski definition) is 0. The Balaban J connectivity index is -0.000000196. The molecule has 0 saturated heterocycles. The first-order valence-corrected chi connectivity index (χ1v) is 6.49. The van der Waals surface area contributed by atoms with Gasteiger partial charge in [0.05, 0.1) is 0 Å². The standard InChI is InChI=1S/C6H12O.C6H10O.C3H6O/c2*1-3-5-6(7)4-2;1-3(2)4/h3-5H2,1-2H3;3,5H,4H2,1-2H3;1-2H3/b;5-3+;. The third kappa shape index (κ3) is 36.4. The molecule has 0 rings (SSSR count). The maximum atomic E-state index is 10.4. The van der Waals surface area contributed by atoms with Gasteiger partial charge in [0.15, 0.2) is 5.78 Å². The summed E-state index contributed by atoms with van der Waals surface area (Å²) >= 11 is 0. The van der Waals surface area contributed by atoms with E-state index in [1.807, 2.05) is 27.7 Å². The molecule has 18 heavy (non-hydrogen) atoms. The van der Waals surface area contributed by atoms with E-state index in [0.717, 1.165) is 12.8 Å². The van der Waals surface area contributed by atoms with Crippen molar-refractivity contribution in [2.24, 2.45) is 0 Å². The van der Waals surface area contributed by atoms with Crippen LogP contribution in [-0.4, -0.2) is 17.3 Å². The molecule has 0 aromatic carbocycles. The van der Waals surface area contributed by atoms with E-state index in [1.165, 1.54) is 13.8 Å². The van der Waals surface area contributed by atoms with Gasteiger partial charge in [0.1, 0.15) is 11.6 Å². The van der Waals surface area contributed by atoms with Crippen molar-refractivity contribution in [3.63, 3.8) is 0 Å². The highest BCUT2D eigenvalue weighted by atomic mass is 16.1. The summed E-state index contributed by atoms with van der Waals surface area (Å²) in [6, 6.07) is 0. The topological polar surface area (TPSA) is 51.2 Å². The van der Waals surface area contributed by atoms with Gasteiger partial charge in [-0.3, -0.25) is 9.59 Å². The fourth-order valence-electron chi connectivity index (χ4n) is 0.759. The molecule has 3 heteroatoms. The van der Waals surface area contributed by atoms with Crippen LogP contribution in [0.4, 0.5) is 0 Å². The van der Waals surface area contributed by atoms with E-state index >= 15 is 0 Å². The zero-order chi connectivity index (χ0) is 15.0. The Labute approximate surface area is 112 Å². The van der Waals surface area contributed by atoms with Crippen LogP contribution in [0.5, 0.6) is 0 Å². The smallest absolute Gasteiger partial charge is 0.155 e. The summed E-state index contributed by atoms with van der Waals surface area (Å²) in [5.41, 5.74) is 0. The van der Waals surface area contributed by atoms with Gasteiger partial charge in [-0.2, -0.15) is 0 Å². The second-order valence-electron chi connectivity index (χ2n) is 3.87. The van der Waals surface area contributed by atoms with Crippen molar-refractivity contribution in [3.8, 4) is 0 Å². The highest BCUT2D eigenvalue weighted by Crippen LogP contribution is 1.90. The molecule has 0 aromatic rings. The summed E-state index contributed by atoms with van der Waals surface area (Å²) in [4.78, 5) is 30.2. The number of carbonyl (C=O) groups is 3. The summed E-state index contributed by atoms with van der Waals surface area (Å²) in [7, 11) is 0. The molecule has 0 amide bonds. The second kappa shape index (κ2) is 18.1. The first kappa shape index (κ1) is 22.0. The van der Waals surface area contributed by atoms with Gasteiger partial charge in [-0.25, -0.2) is 0 Å². The van der Waals surface area contributed by atoms with E-state index in [9.17, 15) is 14.4 Å². The lowest BCUT2D eigenvalue weighted by molar-refractivity contribution is -0.119. The van der Waals surface area contributed by atoms with Crippen LogP contribution < -0.4 is 0 Å². The number of hydrogen-bond acceptors (Lipinski definition) is 3. The molecule has 0 N–H and O–H groups in total. The van der Waals surface area contributed by atoms with Crippen LogP contribution in [0.25, 0.3) is 0 Å². The van der Waals surface area contributed by atoms with E-state index in [0.29, 0.717) is 18.6 Å². The lowest BCUT2D eigenvalue weighted by Gasteiger charge is -1.87. The number of allylic oxidation sites excluding steroid dienone is 2. The normalized spacial score (nSPS) is 8.78. The van der Waals surface area contributed by atoms with Crippen LogP contribution in [0.2, 0.25) is 0 Å². The molecule has 3 nitrogen and oxygen atoms in total. The van der Waals surface area contributed by atoms with Crippen molar-refractivity contribution in [3.05, 3.63) is 12.2 Å². The summed E-state index contributed by atoms with van der Waals surface area (Å²) in [5, 5.41) is 0. The molecule has 0 unspecified atom stereocenters. The maximum Gasteiger partial charge on any atom is 0.155 e. The lowest BCUT2D eigenvalue weighted by atomic mass is 10.2. The van der Waals surface area contributed by atoms with Gasteiger partial charge < -0.3 is 4.79 Å². The van der Waals surface area contributed by atoms with Gasteiger partial charge in [-0.1, -0.05) is 26.8 Å². The molecule has 0 aliphatic rings. The van der Waals surface area contributed by atoms with Crippen LogP contribution in [0.1, 0.15) is 67.2 Å². The minimum Gasteiger partial charge on any atom is -0.300 e. The number of Topliss-reactive ketones (excluding diaryl/α,β-unsaturated/α-hetero) is 2. The molecular weight excluding hydrogens is 228 g/mol. The van der Waals surface area contributed by atoms with E-state index in [2.05, 4.69) is 0 Å². The van der Waals surface area contributed by atoms with Crippen LogP contribution in [0, 0.1) is 0 Å². The van der Waals surface area contributed by atoms with E-state index in [4.69, 9.17) is 0 Å². The zero-order valence-corrected chi connectivity index (χ0v) is 12.7. The van der Waals surface area contributed by atoms with Crippen molar-refractivity contribution >= 4 is 17.3 Å². The summed E-state index contributed by atoms with van der Waals surface area (Å²) in [6.07, 6.45) is 6.41. The van der Waals surface area contributed by atoms with Gasteiger partial charge in [0, 0.05) is 19.3 Å². The Kier molecular flexibility index (Phi) is 22.1. The van der Waals surface area contributed by atoms with Gasteiger partial charge in [0.2, 0.25) is 0 Å². The first-order chi connectivity index (χ1) is 8.35. The van der Waals surface area contributed by atoms with Gasteiger partial charge in [0.25, 0.3) is 0 Å². The van der Waals surface area contributed by atoms with Crippen molar-refractivity contribution in [1.29, 1.82) is 0 Å². The molecule has 0 saturated carbocycles. The van der Waals surface area contributed by atoms with Crippen LogP contribution in [0.15, 0.2) is 12.2 Å². The minimum atomic E-state index is 0.167. The molecule has 106 valence electrons. The van der Waals surface area contributed by atoms with Crippen molar-refractivity contribution in [2.45, 2.75) is 67.2 Å². The Morgan fingerprint density at radius 2 is 1.39 bits per heavy atom. The Morgan fingerprint density at radius 1 is 0.944 bits per heavy atom. The lowest BCUT2D eigenvalue weighted by Crippen LogP contribution is -1.91. The first-order valence-electron chi connectivity index (χ1n) is 6.49. The SMILES string of the molecule is C/C=C/C(=O)CC.CC(C)=O.CCCC(=O)CC. The average Bonchev–Trinajstić information content (AvgIpc) is 2.29. The van der Waals surface area contributed by atoms with Crippen LogP contribution in [0.3, 0.4) is 0 Å². The van der Waals surface area contributed by atoms with Gasteiger partial charge in [-0.05, 0) is 33.3 Å². The van der Waals surface area contributed by atoms with E-state index in [-0.39, 0.29) is 11.6 Å². The molecule has 0 heterocycles. The Morgan fingerprint density at radius 3 is 1.50 bits per heavy atom. The molecule has 0 spiro atoms. The summed E-state index contributed by atoms with van der Waals surface area (Å²) in [5.74, 6) is 0.741. The zero-order valence-electron chi connectivity index (χ0n) is 12.7. The van der Waals surface area contributed by atoms with Gasteiger partial charge in [-0.15, -0.1) is 0 Å². The highest BCUT2D eigenvalue weighted by Gasteiger charge is 1.91. The third-order valence-corrected chi connectivity index (χ3v) is 1.62. The van der Waals surface area contributed by atoms with Crippen molar-refractivity contribution in [1.82, 2.24) is 0 Å². The van der Waals surface area contributed by atoms with Gasteiger partial charge >= 0.3 is 0 Å². The average molecular weight is 256 g/mol. The monoisotopic (exact) mass is 256 g/mol. The van der Waals surface area contributed by atoms with Crippen LogP contribution >= 0.6 is 0 Å². The maximum absolute atomic E-state index is 10.4. The molecule has 0 bridgehead atoms. The predicted octanol–water partition coefficient (Wildman–Crippen LogP) is 3.90. The largest absolute Gasteiger partial charge is 0.300 e. The number of ketones is 3. The van der Waals surface area contributed by atoms with Crippen molar-refractivity contribution in [2.75, 3.05) is 0 Å². The molecule has 0 fully saturated rings. The second-order valence-corrected chi connectivity index (χ2v) is 3.87. The van der Waals surface area contributed by atoms with E-state index < -0.39 is 0 Å². The summed E-state index contributed by atoms with van der Waals surface area (Å²) in [6.45, 7) is 10.7. The van der Waals surface area contributed by atoms with Crippen molar-refractivity contribution < 1.29 is 14.4 Å².